The van der Waals surface area contributed by atoms with Crippen LogP contribution in [0, 0.1) is 0 Å². The van der Waals surface area contributed by atoms with Gasteiger partial charge in [-0.05, 0) is 64.3 Å². The lowest BCUT2D eigenvalue weighted by Crippen LogP contribution is -2.64. The summed E-state index contributed by atoms with van der Waals surface area (Å²) < 4.78 is 5.73. The molecule has 2 heterocycles. The van der Waals surface area contributed by atoms with E-state index in [9.17, 15) is 0 Å². The summed E-state index contributed by atoms with van der Waals surface area (Å²) >= 11 is 0. The Morgan fingerprint density at radius 2 is 1.80 bits per heavy atom. The van der Waals surface area contributed by atoms with Crippen molar-refractivity contribution in [3.8, 4) is 5.75 Å². The zero-order valence-electron chi connectivity index (χ0n) is 13.0. The molecule has 1 saturated heterocycles. The normalized spacial score (nSPS) is 33.5. The molecule has 0 saturated carbocycles. The fraction of sp³-hybridized carbons (Fsp3) is 0.647. The number of ether oxygens (including phenoxy) is 1. The Kier molecular flexibility index (Phi) is 3.63. The van der Waals surface area contributed by atoms with Crippen LogP contribution >= 0.6 is 0 Å². The summed E-state index contributed by atoms with van der Waals surface area (Å²) in [6.07, 6.45) is 2.28. The van der Waals surface area contributed by atoms with Crippen molar-refractivity contribution in [3.05, 3.63) is 23.8 Å². The number of benzene rings is 1. The number of aryl methyl sites for hydroxylation is 1. The van der Waals surface area contributed by atoms with Gasteiger partial charge in [-0.1, -0.05) is 0 Å². The van der Waals surface area contributed by atoms with Gasteiger partial charge in [0.1, 0.15) is 5.75 Å². The van der Waals surface area contributed by atoms with E-state index >= 15 is 0 Å². The van der Waals surface area contributed by atoms with E-state index in [4.69, 9.17) is 4.74 Å². The molecule has 3 heteroatoms. The number of nitrogens with zero attached hydrogens (tertiary/aromatic N) is 1. The molecule has 20 heavy (non-hydrogen) atoms. The first-order valence-corrected chi connectivity index (χ1v) is 7.88. The summed E-state index contributed by atoms with van der Waals surface area (Å²) in [6.45, 7) is 10.1. The molecule has 1 aromatic carbocycles. The zero-order chi connectivity index (χ0) is 14.3. The lowest BCUT2D eigenvalue weighted by atomic mass is 9.95. The van der Waals surface area contributed by atoms with Gasteiger partial charge < -0.3 is 15.0 Å². The monoisotopic (exact) mass is 274 g/mol. The molecule has 4 atom stereocenters. The molecule has 3 rings (SSSR count). The highest BCUT2D eigenvalue weighted by Crippen LogP contribution is 2.33. The molecule has 1 aromatic rings. The van der Waals surface area contributed by atoms with Crippen LogP contribution in [0.5, 0.6) is 5.75 Å². The van der Waals surface area contributed by atoms with Gasteiger partial charge in [-0.25, -0.2) is 0 Å². The molecule has 2 aliphatic rings. The van der Waals surface area contributed by atoms with Crippen molar-refractivity contribution in [2.24, 2.45) is 0 Å². The minimum absolute atomic E-state index is 0.503. The van der Waals surface area contributed by atoms with Gasteiger partial charge in [0.2, 0.25) is 0 Å². The second-order valence-corrected chi connectivity index (χ2v) is 6.38. The molecule has 0 aliphatic carbocycles. The van der Waals surface area contributed by atoms with Gasteiger partial charge in [-0.3, -0.25) is 0 Å². The van der Waals surface area contributed by atoms with Crippen molar-refractivity contribution in [2.45, 2.75) is 64.7 Å². The van der Waals surface area contributed by atoms with Gasteiger partial charge in [0, 0.05) is 29.9 Å². The molecule has 0 bridgehead atoms. The average molecular weight is 274 g/mol. The van der Waals surface area contributed by atoms with Crippen LogP contribution < -0.4 is 15.0 Å². The summed E-state index contributed by atoms with van der Waals surface area (Å²) in [5, 5.41) is 3.67. The SMILES string of the molecule is CC1NC(C)C(C)N(c2ccc3c(c2)CCCO3)C1C. The Morgan fingerprint density at radius 1 is 1.10 bits per heavy atom. The summed E-state index contributed by atoms with van der Waals surface area (Å²) in [6, 6.07) is 8.74. The van der Waals surface area contributed by atoms with Crippen LogP contribution in [0.1, 0.15) is 39.7 Å². The molecular formula is C17H26N2O. The van der Waals surface area contributed by atoms with Crippen molar-refractivity contribution < 1.29 is 4.74 Å². The van der Waals surface area contributed by atoms with Gasteiger partial charge >= 0.3 is 0 Å². The average Bonchev–Trinajstić information content (AvgIpc) is 2.45. The molecule has 0 aromatic heterocycles. The Bertz CT molecular complexity index is 474. The molecule has 1 N–H and O–H groups in total. The van der Waals surface area contributed by atoms with E-state index in [1.807, 2.05) is 0 Å². The van der Waals surface area contributed by atoms with Crippen LogP contribution in [-0.2, 0) is 6.42 Å². The third kappa shape index (κ3) is 2.28. The Labute approximate surface area is 122 Å². The van der Waals surface area contributed by atoms with E-state index in [1.54, 1.807) is 0 Å². The molecule has 0 spiro atoms. The molecule has 1 fully saturated rings. The second kappa shape index (κ2) is 5.28. The predicted octanol–water partition coefficient (Wildman–Crippen LogP) is 2.98. The van der Waals surface area contributed by atoms with Crippen LogP contribution in [-0.4, -0.2) is 30.8 Å². The lowest BCUT2D eigenvalue weighted by molar-refractivity contribution is 0.286. The van der Waals surface area contributed by atoms with E-state index in [0.717, 1.165) is 25.2 Å². The lowest BCUT2D eigenvalue weighted by Gasteiger charge is -2.48. The third-order valence-corrected chi connectivity index (χ3v) is 5.04. The first kappa shape index (κ1) is 13.7. The third-order valence-electron chi connectivity index (χ3n) is 5.04. The topological polar surface area (TPSA) is 24.5 Å². The van der Waals surface area contributed by atoms with Gasteiger partial charge in [0.25, 0.3) is 0 Å². The number of fused-ring (bicyclic) bond motifs is 1. The van der Waals surface area contributed by atoms with Crippen molar-refractivity contribution in [2.75, 3.05) is 11.5 Å². The van der Waals surface area contributed by atoms with Gasteiger partial charge in [0.15, 0.2) is 0 Å². The fourth-order valence-electron chi connectivity index (χ4n) is 3.52. The summed E-state index contributed by atoms with van der Waals surface area (Å²) in [5.74, 6) is 1.08. The van der Waals surface area contributed by atoms with Crippen molar-refractivity contribution >= 4 is 5.69 Å². The number of anilines is 1. The standard InChI is InChI=1S/C17H26N2O/c1-11-13(3)19(14(4)12(2)18-11)16-7-8-17-15(10-16)6-5-9-20-17/h7-8,10-14,18H,5-6,9H2,1-4H3. The van der Waals surface area contributed by atoms with E-state index in [0.29, 0.717) is 24.2 Å². The number of hydrogen-bond acceptors (Lipinski definition) is 3. The Balaban J connectivity index is 1.94. The molecule has 3 nitrogen and oxygen atoms in total. The van der Waals surface area contributed by atoms with Crippen LogP contribution in [0.3, 0.4) is 0 Å². The van der Waals surface area contributed by atoms with E-state index in [-0.39, 0.29) is 0 Å². The first-order chi connectivity index (χ1) is 9.58. The fourth-order valence-corrected chi connectivity index (χ4v) is 3.52. The van der Waals surface area contributed by atoms with Crippen LogP contribution in [0.4, 0.5) is 5.69 Å². The van der Waals surface area contributed by atoms with Crippen molar-refractivity contribution in [1.82, 2.24) is 5.32 Å². The second-order valence-electron chi connectivity index (χ2n) is 6.38. The number of piperazine rings is 1. The molecule has 0 amide bonds. The smallest absolute Gasteiger partial charge is 0.122 e. The number of nitrogens with one attached hydrogen (secondary N) is 1. The minimum atomic E-state index is 0.503. The highest BCUT2D eigenvalue weighted by atomic mass is 16.5. The minimum Gasteiger partial charge on any atom is -0.493 e. The Morgan fingerprint density at radius 3 is 2.50 bits per heavy atom. The number of rotatable bonds is 1. The van der Waals surface area contributed by atoms with Gasteiger partial charge in [0.05, 0.1) is 6.61 Å². The van der Waals surface area contributed by atoms with Crippen LogP contribution in [0.2, 0.25) is 0 Å². The highest BCUT2D eigenvalue weighted by Gasteiger charge is 2.34. The quantitative estimate of drug-likeness (QED) is 0.852. The van der Waals surface area contributed by atoms with E-state index in [2.05, 4.69) is 56.1 Å². The predicted molar refractivity (Wildman–Crippen MR) is 83.7 cm³/mol. The summed E-state index contributed by atoms with van der Waals surface area (Å²) in [7, 11) is 0. The molecule has 110 valence electrons. The largest absolute Gasteiger partial charge is 0.493 e. The van der Waals surface area contributed by atoms with E-state index in [1.165, 1.54) is 11.3 Å². The van der Waals surface area contributed by atoms with Crippen molar-refractivity contribution in [1.29, 1.82) is 0 Å². The maximum atomic E-state index is 5.73. The molecule has 2 aliphatic heterocycles. The highest BCUT2D eigenvalue weighted by molar-refractivity contribution is 5.56. The number of hydrogen-bond donors (Lipinski definition) is 1. The molecule has 4 unspecified atom stereocenters. The van der Waals surface area contributed by atoms with Crippen molar-refractivity contribution in [3.63, 3.8) is 0 Å². The maximum Gasteiger partial charge on any atom is 0.122 e. The zero-order valence-corrected chi connectivity index (χ0v) is 13.0. The summed E-state index contributed by atoms with van der Waals surface area (Å²) in [4.78, 5) is 2.57. The summed E-state index contributed by atoms with van der Waals surface area (Å²) in [5.41, 5.74) is 2.71. The van der Waals surface area contributed by atoms with E-state index < -0.39 is 0 Å². The van der Waals surface area contributed by atoms with Gasteiger partial charge in [-0.2, -0.15) is 0 Å². The van der Waals surface area contributed by atoms with Crippen LogP contribution in [0.25, 0.3) is 0 Å². The molecule has 0 radical (unpaired) electrons. The van der Waals surface area contributed by atoms with Crippen LogP contribution in [0.15, 0.2) is 18.2 Å². The molecular weight excluding hydrogens is 248 g/mol. The maximum absolute atomic E-state index is 5.73. The Hall–Kier alpha value is -1.22. The first-order valence-electron chi connectivity index (χ1n) is 7.88. The van der Waals surface area contributed by atoms with Gasteiger partial charge in [-0.15, -0.1) is 0 Å².